The van der Waals surface area contributed by atoms with E-state index >= 15 is 0 Å². The number of nitrogens with zero attached hydrogens (tertiary/aromatic N) is 1. The molecular formula is C12H19NO5. The largest absolute Gasteiger partial charge is 0.479 e. The van der Waals surface area contributed by atoms with E-state index in [4.69, 9.17) is 9.84 Å². The van der Waals surface area contributed by atoms with Crippen LogP contribution in [0.1, 0.15) is 27.2 Å². The molecule has 102 valence electrons. The van der Waals surface area contributed by atoms with Crippen molar-refractivity contribution in [3.63, 3.8) is 0 Å². The summed E-state index contributed by atoms with van der Waals surface area (Å²) in [5.74, 6) is -1.81. The van der Waals surface area contributed by atoms with Crippen molar-refractivity contribution in [2.24, 2.45) is 11.3 Å². The number of aliphatic carboxylic acids is 1. The van der Waals surface area contributed by atoms with E-state index in [0.29, 0.717) is 0 Å². The number of hydrogen-bond donors (Lipinski definition) is 1. The van der Waals surface area contributed by atoms with Gasteiger partial charge >= 0.3 is 5.97 Å². The highest BCUT2D eigenvalue weighted by molar-refractivity contribution is 6.06. The number of carbonyl (C=O) groups excluding carboxylic acids is 2. The van der Waals surface area contributed by atoms with Crippen LogP contribution in [0.15, 0.2) is 0 Å². The van der Waals surface area contributed by atoms with E-state index in [2.05, 4.69) is 0 Å². The van der Waals surface area contributed by atoms with Crippen molar-refractivity contribution in [2.45, 2.75) is 33.3 Å². The molecule has 1 heterocycles. The van der Waals surface area contributed by atoms with Crippen LogP contribution in [0.2, 0.25) is 0 Å². The van der Waals surface area contributed by atoms with Crippen molar-refractivity contribution in [1.82, 2.24) is 4.90 Å². The maximum atomic E-state index is 12.2. The predicted molar refractivity (Wildman–Crippen MR) is 62.7 cm³/mol. The van der Waals surface area contributed by atoms with Crippen LogP contribution >= 0.6 is 0 Å². The molecule has 0 aliphatic carbocycles. The Morgan fingerprint density at radius 3 is 2.39 bits per heavy atom. The summed E-state index contributed by atoms with van der Waals surface area (Å²) in [4.78, 5) is 35.9. The van der Waals surface area contributed by atoms with Gasteiger partial charge < -0.3 is 9.84 Å². The van der Waals surface area contributed by atoms with E-state index in [1.807, 2.05) is 13.8 Å². The monoisotopic (exact) mass is 257 g/mol. The molecule has 6 heteroatoms. The highest BCUT2D eigenvalue weighted by atomic mass is 16.5. The van der Waals surface area contributed by atoms with Crippen LogP contribution < -0.4 is 0 Å². The molecule has 1 aliphatic rings. The van der Waals surface area contributed by atoms with Crippen molar-refractivity contribution in [3.05, 3.63) is 0 Å². The lowest BCUT2D eigenvalue weighted by atomic mass is 9.78. The highest BCUT2D eigenvalue weighted by Crippen LogP contribution is 2.39. The van der Waals surface area contributed by atoms with Crippen LogP contribution in [-0.2, 0) is 19.1 Å². The van der Waals surface area contributed by atoms with E-state index in [9.17, 15) is 14.4 Å². The minimum absolute atomic E-state index is 0.0183. The number of methoxy groups -OCH3 is 1. The number of carboxylic acid groups (broad SMARTS) is 1. The van der Waals surface area contributed by atoms with E-state index in [0.717, 1.165) is 4.90 Å². The van der Waals surface area contributed by atoms with E-state index in [1.165, 1.54) is 7.11 Å². The van der Waals surface area contributed by atoms with Gasteiger partial charge in [0.2, 0.25) is 11.8 Å². The molecule has 18 heavy (non-hydrogen) atoms. The second-order valence-electron chi connectivity index (χ2n) is 5.12. The Morgan fingerprint density at radius 1 is 1.50 bits per heavy atom. The maximum absolute atomic E-state index is 12.2. The molecule has 1 fully saturated rings. The molecule has 0 aromatic carbocycles. The number of ether oxygens (including phenoxy) is 1. The Hall–Kier alpha value is -1.43. The Kier molecular flexibility index (Phi) is 4.11. The Balaban J connectivity index is 2.89. The van der Waals surface area contributed by atoms with Gasteiger partial charge in [-0.2, -0.15) is 0 Å². The summed E-state index contributed by atoms with van der Waals surface area (Å²) in [6.45, 7) is 5.26. The number of amides is 2. The van der Waals surface area contributed by atoms with Gasteiger partial charge in [0.1, 0.15) is 0 Å². The third kappa shape index (κ3) is 2.38. The quantitative estimate of drug-likeness (QED) is 0.725. The van der Waals surface area contributed by atoms with Crippen molar-refractivity contribution in [2.75, 3.05) is 13.7 Å². The Bertz CT molecular complexity index is 379. The summed E-state index contributed by atoms with van der Waals surface area (Å²) in [6, 6.07) is 0. The minimum Gasteiger partial charge on any atom is -0.479 e. The number of carbonyl (C=O) groups is 3. The number of hydrogen-bond acceptors (Lipinski definition) is 4. The molecule has 0 radical (unpaired) electrons. The van der Waals surface area contributed by atoms with Crippen LogP contribution in [0.5, 0.6) is 0 Å². The van der Waals surface area contributed by atoms with Gasteiger partial charge in [-0.15, -0.1) is 0 Å². The first-order valence-corrected chi connectivity index (χ1v) is 5.84. The topological polar surface area (TPSA) is 83.9 Å². The molecule has 0 aromatic heterocycles. The smallest absolute Gasteiger partial charge is 0.334 e. The molecule has 2 atom stereocenters. The number of likely N-dealkylation sites (tertiary alicyclic amines) is 1. The standard InChI is InChI=1S/C12H19NO5/c1-7(2)12(3)5-9(14)13(11(12)17)6-8(18-4)10(15)16/h7-8H,5-6H2,1-4H3,(H,15,16). The van der Waals surface area contributed by atoms with Crippen LogP contribution in [0.3, 0.4) is 0 Å². The van der Waals surface area contributed by atoms with Crippen molar-refractivity contribution in [3.8, 4) is 0 Å². The van der Waals surface area contributed by atoms with E-state index < -0.39 is 17.5 Å². The molecule has 1 rings (SSSR count). The summed E-state index contributed by atoms with van der Waals surface area (Å²) < 4.78 is 4.75. The average molecular weight is 257 g/mol. The molecule has 0 aromatic rings. The third-order valence-corrected chi connectivity index (χ3v) is 3.74. The van der Waals surface area contributed by atoms with Gasteiger partial charge in [0, 0.05) is 13.5 Å². The third-order valence-electron chi connectivity index (χ3n) is 3.74. The zero-order chi connectivity index (χ0) is 14.1. The molecule has 2 amide bonds. The van der Waals surface area contributed by atoms with Crippen molar-refractivity contribution < 1.29 is 24.2 Å². The first-order valence-electron chi connectivity index (χ1n) is 5.84. The van der Waals surface area contributed by atoms with Gasteiger partial charge in [-0.3, -0.25) is 14.5 Å². The van der Waals surface area contributed by atoms with Crippen LogP contribution in [-0.4, -0.2) is 47.5 Å². The Morgan fingerprint density at radius 2 is 2.06 bits per heavy atom. The fraction of sp³-hybridized carbons (Fsp3) is 0.750. The number of imide groups is 1. The van der Waals surface area contributed by atoms with Crippen molar-refractivity contribution in [1.29, 1.82) is 0 Å². The summed E-state index contributed by atoms with van der Waals surface area (Å²) in [5.41, 5.74) is -0.742. The van der Waals surface area contributed by atoms with Gasteiger partial charge in [0.05, 0.1) is 12.0 Å². The minimum atomic E-state index is -1.18. The fourth-order valence-electron chi connectivity index (χ4n) is 1.96. The normalized spacial score (nSPS) is 25.9. The van der Waals surface area contributed by atoms with Crippen LogP contribution in [0.4, 0.5) is 0 Å². The van der Waals surface area contributed by atoms with E-state index in [-0.39, 0.29) is 30.7 Å². The summed E-state index contributed by atoms with van der Waals surface area (Å²) in [6.07, 6.45) is -1.05. The maximum Gasteiger partial charge on any atom is 0.334 e. The van der Waals surface area contributed by atoms with Gasteiger partial charge in [-0.25, -0.2) is 4.79 Å². The SMILES string of the molecule is COC(CN1C(=O)CC(C)(C(C)C)C1=O)C(=O)O. The molecule has 1 aliphatic heterocycles. The molecule has 0 bridgehead atoms. The zero-order valence-corrected chi connectivity index (χ0v) is 11.1. The molecule has 1 N–H and O–H groups in total. The second-order valence-corrected chi connectivity index (χ2v) is 5.12. The lowest BCUT2D eigenvalue weighted by Gasteiger charge is -2.26. The average Bonchev–Trinajstić information content (AvgIpc) is 2.48. The number of rotatable bonds is 5. The molecular weight excluding hydrogens is 238 g/mol. The molecule has 1 saturated heterocycles. The van der Waals surface area contributed by atoms with Crippen LogP contribution in [0, 0.1) is 11.3 Å². The van der Waals surface area contributed by atoms with E-state index in [1.54, 1.807) is 6.92 Å². The number of carboxylic acids is 1. The summed E-state index contributed by atoms with van der Waals surface area (Å²) in [5, 5.41) is 8.87. The van der Waals surface area contributed by atoms with Gasteiger partial charge in [0.15, 0.2) is 6.10 Å². The highest BCUT2D eigenvalue weighted by Gasteiger charge is 2.50. The zero-order valence-electron chi connectivity index (χ0n) is 11.1. The second kappa shape index (κ2) is 5.06. The van der Waals surface area contributed by atoms with Crippen LogP contribution in [0.25, 0.3) is 0 Å². The van der Waals surface area contributed by atoms with Gasteiger partial charge in [0.25, 0.3) is 0 Å². The van der Waals surface area contributed by atoms with Gasteiger partial charge in [-0.05, 0) is 12.8 Å². The predicted octanol–water partition coefficient (Wildman–Crippen LogP) is 0.507. The lowest BCUT2D eigenvalue weighted by molar-refractivity contribution is -0.153. The van der Waals surface area contributed by atoms with Gasteiger partial charge in [-0.1, -0.05) is 13.8 Å². The fourth-order valence-corrected chi connectivity index (χ4v) is 1.96. The van der Waals surface area contributed by atoms with Crippen molar-refractivity contribution >= 4 is 17.8 Å². The first kappa shape index (κ1) is 14.6. The molecule has 0 spiro atoms. The Labute approximate surface area is 106 Å². The molecule has 6 nitrogen and oxygen atoms in total. The lowest BCUT2D eigenvalue weighted by Crippen LogP contribution is -2.43. The molecule has 2 unspecified atom stereocenters. The summed E-state index contributed by atoms with van der Waals surface area (Å²) in [7, 11) is 1.24. The summed E-state index contributed by atoms with van der Waals surface area (Å²) >= 11 is 0. The molecule has 0 saturated carbocycles. The first-order chi connectivity index (χ1) is 8.24.